The molecule has 1 fully saturated rings. The Morgan fingerprint density at radius 2 is 1.74 bits per heavy atom. The van der Waals surface area contributed by atoms with Crippen molar-refractivity contribution in [2.24, 2.45) is 0 Å². The number of hydrogen-bond donors (Lipinski definition) is 1. The van der Waals surface area contributed by atoms with Crippen molar-refractivity contribution >= 4 is 5.97 Å². The lowest BCUT2D eigenvalue weighted by molar-refractivity contribution is 0.0694. The number of likely N-dealkylation sites (tertiary alicyclic amines) is 1. The van der Waals surface area contributed by atoms with E-state index in [1.807, 2.05) is 12.1 Å². The normalized spacial score (nSPS) is 16.4. The van der Waals surface area contributed by atoms with Crippen LogP contribution in [0.4, 0.5) is 0 Å². The van der Waals surface area contributed by atoms with Gasteiger partial charge in [0.15, 0.2) is 0 Å². The molecule has 2 aromatic carbocycles. The van der Waals surface area contributed by atoms with Gasteiger partial charge < -0.3 is 5.11 Å². The summed E-state index contributed by atoms with van der Waals surface area (Å²) in [6.45, 7) is 5.19. The van der Waals surface area contributed by atoms with Crippen LogP contribution in [0.15, 0.2) is 48.5 Å². The number of hydrogen-bond acceptors (Lipinski definition) is 2. The minimum atomic E-state index is -0.817. The Hall–Kier alpha value is -2.13. The SMILES string of the molecule is Cc1ccccc1CN1CCC(c2ccccc2C(=O)O)CC1. The van der Waals surface area contributed by atoms with Gasteiger partial charge in [-0.1, -0.05) is 42.5 Å². The minimum absolute atomic E-state index is 0.357. The molecule has 1 saturated heterocycles. The van der Waals surface area contributed by atoms with Crippen LogP contribution in [-0.4, -0.2) is 29.1 Å². The Kier molecular flexibility index (Phi) is 4.77. The Balaban J connectivity index is 1.65. The van der Waals surface area contributed by atoms with Gasteiger partial charge >= 0.3 is 5.97 Å². The smallest absolute Gasteiger partial charge is 0.335 e. The van der Waals surface area contributed by atoms with Crippen molar-refractivity contribution in [3.05, 3.63) is 70.8 Å². The minimum Gasteiger partial charge on any atom is -0.478 e. The van der Waals surface area contributed by atoms with Crippen molar-refractivity contribution in [2.45, 2.75) is 32.2 Å². The Bertz CT molecular complexity index is 688. The zero-order chi connectivity index (χ0) is 16.2. The Labute approximate surface area is 137 Å². The third kappa shape index (κ3) is 3.62. The van der Waals surface area contributed by atoms with Crippen molar-refractivity contribution in [3.8, 4) is 0 Å². The number of carboxylic acids is 1. The summed E-state index contributed by atoms with van der Waals surface area (Å²) in [4.78, 5) is 13.9. The van der Waals surface area contributed by atoms with E-state index in [1.165, 1.54) is 11.1 Å². The second kappa shape index (κ2) is 6.97. The molecule has 3 heteroatoms. The Morgan fingerprint density at radius 1 is 1.09 bits per heavy atom. The lowest BCUT2D eigenvalue weighted by Crippen LogP contribution is -2.33. The predicted molar refractivity (Wildman–Crippen MR) is 91.8 cm³/mol. The summed E-state index contributed by atoms with van der Waals surface area (Å²) >= 11 is 0. The molecule has 0 spiro atoms. The fourth-order valence-electron chi connectivity index (χ4n) is 3.48. The van der Waals surface area contributed by atoms with E-state index < -0.39 is 5.97 Å². The van der Waals surface area contributed by atoms with Crippen molar-refractivity contribution in [1.29, 1.82) is 0 Å². The van der Waals surface area contributed by atoms with E-state index in [0.29, 0.717) is 11.5 Å². The van der Waals surface area contributed by atoms with Gasteiger partial charge in [0, 0.05) is 6.54 Å². The van der Waals surface area contributed by atoms with Gasteiger partial charge in [0.25, 0.3) is 0 Å². The van der Waals surface area contributed by atoms with Crippen LogP contribution >= 0.6 is 0 Å². The Morgan fingerprint density at radius 3 is 2.43 bits per heavy atom. The average Bonchev–Trinajstić information content (AvgIpc) is 2.58. The molecule has 2 aromatic rings. The number of nitrogens with zero attached hydrogens (tertiary/aromatic N) is 1. The molecule has 0 aliphatic carbocycles. The van der Waals surface area contributed by atoms with E-state index in [4.69, 9.17) is 0 Å². The highest BCUT2D eigenvalue weighted by atomic mass is 16.4. The van der Waals surface area contributed by atoms with Gasteiger partial charge in [0.2, 0.25) is 0 Å². The quantitative estimate of drug-likeness (QED) is 0.925. The van der Waals surface area contributed by atoms with Crippen molar-refractivity contribution in [3.63, 3.8) is 0 Å². The molecule has 0 saturated carbocycles. The highest BCUT2D eigenvalue weighted by molar-refractivity contribution is 5.89. The molecule has 23 heavy (non-hydrogen) atoms. The van der Waals surface area contributed by atoms with Crippen LogP contribution in [0.1, 0.15) is 45.8 Å². The summed E-state index contributed by atoms with van der Waals surface area (Å²) in [5, 5.41) is 9.36. The number of piperidine rings is 1. The molecule has 0 bridgehead atoms. The molecule has 0 atom stereocenters. The predicted octanol–water partition coefficient (Wildman–Crippen LogP) is 4.07. The molecule has 120 valence electrons. The van der Waals surface area contributed by atoms with Crippen LogP contribution in [0.25, 0.3) is 0 Å². The average molecular weight is 309 g/mol. The van der Waals surface area contributed by atoms with Gasteiger partial charge in [-0.25, -0.2) is 4.79 Å². The van der Waals surface area contributed by atoms with Gasteiger partial charge in [-0.3, -0.25) is 4.90 Å². The summed E-state index contributed by atoms with van der Waals surface area (Å²) < 4.78 is 0. The first-order chi connectivity index (χ1) is 11.1. The molecular weight excluding hydrogens is 286 g/mol. The number of carbonyl (C=O) groups is 1. The maximum absolute atomic E-state index is 11.4. The van der Waals surface area contributed by atoms with E-state index in [0.717, 1.165) is 38.0 Å². The van der Waals surface area contributed by atoms with E-state index in [1.54, 1.807) is 12.1 Å². The van der Waals surface area contributed by atoms with Crippen molar-refractivity contribution < 1.29 is 9.90 Å². The second-order valence-corrected chi connectivity index (χ2v) is 6.37. The first-order valence-corrected chi connectivity index (χ1v) is 8.24. The molecule has 0 radical (unpaired) electrons. The molecule has 1 heterocycles. The molecule has 0 aromatic heterocycles. The number of carboxylic acid groups (broad SMARTS) is 1. The fourth-order valence-corrected chi connectivity index (χ4v) is 3.48. The lowest BCUT2D eigenvalue weighted by atomic mass is 9.86. The summed E-state index contributed by atoms with van der Waals surface area (Å²) in [6.07, 6.45) is 2.05. The van der Waals surface area contributed by atoms with Gasteiger partial charge in [-0.2, -0.15) is 0 Å². The molecule has 0 amide bonds. The highest BCUT2D eigenvalue weighted by Gasteiger charge is 2.24. The summed E-state index contributed by atoms with van der Waals surface area (Å²) in [5.41, 5.74) is 4.18. The molecule has 1 aliphatic heterocycles. The van der Waals surface area contributed by atoms with Crippen LogP contribution in [-0.2, 0) is 6.54 Å². The van der Waals surface area contributed by atoms with E-state index in [-0.39, 0.29) is 0 Å². The van der Waals surface area contributed by atoms with E-state index in [9.17, 15) is 9.90 Å². The first-order valence-electron chi connectivity index (χ1n) is 8.24. The molecule has 1 N–H and O–H groups in total. The van der Waals surface area contributed by atoms with Gasteiger partial charge in [-0.15, -0.1) is 0 Å². The summed E-state index contributed by atoms with van der Waals surface area (Å²) in [7, 11) is 0. The molecular formula is C20H23NO2. The molecule has 3 rings (SSSR count). The van der Waals surface area contributed by atoms with Crippen LogP contribution in [0.5, 0.6) is 0 Å². The third-order valence-corrected chi connectivity index (χ3v) is 4.87. The summed E-state index contributed by atoms with van der Waals surface area (Å²) in [5.74, 6) is -0.460. The van der Waals surface area contributed by atoms with Crippen LogP contribution in [0.3, 0.4) is 0 Å². The first kappa shape index (κ1) is 15.8. The molecule has 0 unspecified atom stereocenters. The van der Waals surface area contributed by atoms with Crippen LogP contribution < -0.4 is 0 Å². The second-order valence-electron chi connectivity index (χ2n) is 6.37. The van der Waals surface area contributed by atoms with Gasteiger partial charge in [0.1, 0.15) is 0 Å². The van der Waals surface area contributed by atoms with E-state index >= 15 is 0 Å². The lowest BCUT2D eigenvalue weighted by Gasteiger charge is -2.33. The number of rotatable bonds is 4. The number of benzene rings is 2. The van der Waals surface area contributed by atoms with Crippen LogP contribution in [0.2, 0.25) is 0 Å². The van der Waals surface area contributed by atoms with E-state index in [2.05, 4.69) is 36.1 Å². The molecule has 3 nitrogen and oxygen atoms in total. The monoisotopic (exact) mass is 309 g/mol. The highest BCUT2D eigenvalue weighted by Crippen LogP contribution is 2.31. The van der Waals surface area contributed by atoms with Gasteiger partial charge in [0.05, 0.1) is 5.56 Å². The van der Waals surface area contributed by atoms with Crippen molar-refractivity contribution in [1.82, 2.24) is 4.90 Å². The van der Waals surface area contributed by atoms with Crippen molar-refractivity contribution in [2.75, 3.05) is 13.1 Å². The summed E-state index contributed by atoms with van der Waals surface area (Å²) in [6, 6.07) is 16.0. The maximum Gasteiger partial charge on any atom is 0.335 e. The molecule has 1 aliphatic rings. The topological polar surface area (TPSA) is 40.5 Å². The fraction of sp³-hybridized carbons (Fsp3) is 0.350. The third-order valence-electron chi connectivity index (χ3n) is 4.87. The van der Waals surface area contributed by atoms with Crippen LogP contribution in [0, 0.1) is 6.92 Å². The van der Waals surface area contributed by atoms with Gasteiger partial charge in [-0.05, 0) is 61.5 Å². The number of aryl methyl sites for hydroxylation is 1. The zero-order valence-electron chi connectivity index (χ0n) is 13.5. The zero-order valence-corrected chi connectivity index (χ0v) is 13.5. The standard InChI is InChI=1S/C20H23NO2/c1-15-6-2-3-7-17(15)14-21-12-10-16(11-13-21)18-8-4-5-9-19(18)20(22)23/h2-9,16H,10-14H2,1H3,(H,22,23). The largest absolute Gasteiger partial charge is 0.478 e. The number of aromatic carboxylic acids is 1. The maximum atomic E-state index is 11.4.